The number of methoxy groups -OCH3 is 2. The van der Waals surface area contributed by atoms with Crippen molar-refractivity contribution in [2.24, 2.45) is 5.92 Å². The van der Waals surface area contributed by atoms with E-state index in [9.17, 15) is 9.90 Å². The maximum absolute atomic E-state index is 13.3. The molecular weight excluding hydrogens is 472 g/mol. The third-order valence-corrected chi connectivity index (χ3v) is 6.40. The minimum atomic E-state index is -0.488. The largest absolute Gasteiger partial charge is 0.496 e. The second-order valence-electron chi connectivity index (χ2n) is 8.47. The fraction of sp³-hybridized carbons (Fsp3) is 0.308. The molecule has 0 unspecified atom stereocenters. The molecule has 2 aliphatic rings. The molecule has 1 saturated carbocycles. The van der Waals surface area contributed by atoms with Crippen LogP contribution < -0.4 is 23.8 Å². The third-order valence-electron chi connectivity index (χ3n) is 6.16. The van der Waals surface area contributed by atoms with Crippen LogP contribution >= 0.6 is 11.6 Å². The Hall–Kier alpha value is -3.49. The number of benzene rings is 2. The van der Waals surface area contributed by atoms with Crippen LogP contribution in [-0.2, 0) is 0 Å². The summed E-state index contributed by atoms with van der Waals surface area (Å²) in [5.41, 5.74) is 2.29. The van der Waals surface area contributed by atoms with Crippen LogP contribution in [0.4, 0.5) is 5.69 Å². The van der Waals surface area contributed by atoms with E-state index in [1.807, 2.05) is 6.07 Å². The zero-order valence-electron chi connectivity index (χ0n) is 19.4. The number of nitrogens with zero attached hydrogens (tertiary/aromatic N) is 2. The van der Waals surface area contributed by atoms with Gasteiger partial charge in [-0.1, -0.05) is 11.6 Å². The van der Waals surface area contributed by atoms with E-state index in [2.05, 4.69) is 4.98 Å². The van der Waals surface area contributed by atoms with E-state index in [1.165, 1.54) is 18.2 Å². The van der Waals surface area contributed by atoms with E-state index < -0.39 is 6.10 Å². The van der Waals surface area contributed by atoms with Gasteiger partial charge in [-0.25, -0.2) is 0 Å². The first-order chi connectivity index (χ1) is 17.0. The number of carbonyl (C=O) groups excluding carboxylic acids is 1. The molecule has 1 amide bonds. The molecule has 1 aliphatic heterocycles. The van der Waals surface area contributed by atoms with Gasteiger partial charge in [0.05, 0.1) is 31.7 Å². The van der Waals surface area contributed by atoms with Gasteiger partial charge in [0.2, 0.25) is 0 Å². The zero-order chi connectivity index (χ0) is 24.5. The number of aromatic nitrogens is 1. The molecule has 1 aliphatic carbocycles. The van der Waals surface area contributed by atoms with Gasteiger partial charge in [-0.2, -0.15) is 0 Å². The number of pyridine rings is 1. The van der Waals surface area contributed by atoms with E-state index in [1.54, 1.807) is 43.5 Å². The van der Waals surface area contributed by atoms with Crippen LogP contribution in [0, 0.1) is 5.92 Å². The molecule has 1 fully saturated rings. The lowest BCUT2D eigenvalue weighted by molar-refractivity contribution is 0.0879. The minimum Gasteiger partial charge on any atom is -0.496 e. The Kier molecular flexibility index (Phi) is 6.40. The van der Waals surface area contributed by atoms with Gasteiger partial charge in [-0.3, -0.25) is 14.7 Å². The number of aliphatic hydroxyl groups is 1. The first-order valence-electron chi connectivity index (χ1n) is 11.3. The van der Waals surface area contributed by atoms with E-state index in [0.29, 0.717) is 50.9 Å². The maximum Gasteiger partial charge on any atom is 0.266 e. The highest BCUT2D eigenvalue weighted by molar-refractivity contribution is 6.30. The molecule has 8 nitrogen and oxygen atoms in total. The van der Waals surface area contributed by atoms with Gasteiger partial charge in [-0.15, -0.1) is 0 Å². The molecular formula is C26H25ClN2O6. The Morgan fingerprint density at radius 2 is 1.89 bits per heavy atom. The molecule has 5 rings (SSSR count). The predicted octanol–water partition coefficient (Wildman–Crippen LogP) is 4.57. The molecule has 182 valence electrons. The van der Waals surface area contributed by atoms with E-state index >= 15 is 0 Å². The Morgan fingerprint density at radius 1 is 1.09 bits per heavy atom. The molecule has 2 heterocycles. The standard InChI is InChI=1S/C26H25ClN2O6/c1-32-23-9-16(27)5-7-18(23)20-11-24-19(12-28-20)26(31)29(14-35-24)17-6-8-22(25(10-17)33-2)34-13-21(30)15-3-4-15/h5-12,15,21,30H,3-4,13-14H2,1-2H3/t21-/m0/s1. The topological polar surface area (TPSA) is 90.4 Å². The first kappa shape index (κ1) is 23.3. The number of amides is 1. The van der Waals surface area contributed by atoms with Crippen LogP contribution in [0.2, 0.25) is 5.02 Å². The normalized spacial score (nSPS) is 15.8. The van der Waals surface area contributed by atoms with E-state index in [4.69, 9.17) is 30.5 Å². The minimum absolute atomic E-state index is 0.0246. The number of ether oxygens (including phenoxy) is 4. The first-order valence-corrected chi connectivity index (χ1v) is 11.6. The van der Waals surface area contributed by atoms with Crippen molar-refractivity contribution in [1.82, 2.24) is 4.98 Å². The average molecular weight is 497 g/mol. The molecule has 0 spiro atoms. The van der Waals surface area contributed by atoms with Gasteiger partial charge in [0, 0.05) is 28.9 Å². The SMILES string of the molecule is COc1cc(N2COc3cc(-c4ccc(Cl)cc4OC)ncc3C2=O)ccc1OC[C@H](O)C1CC1. The van der Waals surface area contributed by atoms with Crippen LogP contribution in [0.3, 0.4) is 0 Å². The quantitative estimate of drug-likeness (QED) is 0.488. The fourth-order valence-corrected chi connectivity index (χ4v) is 4.17. The Morgan fingerprint density at radius 3 is 2.63 bits per heavy atom. The van der Waals surface area contributed by atoms with Crippen molar-refractivity contribution < 1.29 is 28.8 Å². The number of carbonyl (C=O) groups is 1. The van der Waals surface area contributed by atoms with E-state index in [-0.39, 0.29) is 19.2 Å². The maximum atomic E-state index is 13.3. The second kappa shape index (κ2) is 9.64. The van der Waals surface area contributed by atoms with Gasteiger partial charge in [0.25, 0.3) is 5.91 Å². The molecule has 1 atom stereocenters. The molecule has 0 saturated heterocycles. The van der Waals surface area contributed by atoms with Crippen LogP contribution in [-0.4, -0.2) is 49.7 Å². The molecule has 1 aromatic heterocycles. The highest BCUT2D eigenvalue weighted by atomic mass is 35.5. The summed E-state index contributed by atoms with van der Waals surface area (Å²) in [6.07, 6.45) is 3.07. The van der Waals surface area contributed by atoms with Gasteiger partial charge < -0.3 is 24.1 Å². The monoisotopic (exact) mass is 496 g/mol. The van der Waals surface area contributed by atoms with Crippen molar-refractivity contribution in [3.63, 3.8) is 0 Å². The average Bonchev–Trinajstić information content (AvgIpc) is 3.73. The van der Waals surface area contributed by atoms with Crippen molar-refractivity contribution in [1.29, 1.82) is 0 Å². The number of hydrogen-bond donors (Lipinski definition) is 1. The fourth-order valence-electron chi connectivity index (χ4n) is 4.01. The molecule has 0 bridgehead atoms. The number of aliphatic hydroxyl groups excluding tert-OH is 1. The number of halogens is 1. The van der Waals surface area contributed by atoms with Crippen molar-refractivity contribution >= 4 is 23.2 Å². The molecule has 1 N–H and O–H groups in total. The van der Waals surface area contributed by atoms with Crippen LogP contribution in [0.25, 0.3) is 11.3 Å². The summed E-state index contributed by atoms with van der Waals surface area (Å²) in [5, 5.41) is 10.6. The summed E-state index contributed by atoms with van der Waals surface area (Å²) in [6.45, 7) is 0.225. The summed E-state index contributed by atoms with van der Waals surface area (Å²) in [4.78, 5) is 19.2. The molecule has 3 aromatic rings. The summed E-state index contributed by atoms with van der Waals surface area (Å²) >= 11 is 6.07. The molecule has 35 heavy (non-hydrogen) atoms. The van der Waals surface area contributed by atoms with Crippen molar-refractivity contribution in [3.05, 3.63) is 59.2 Å². The van der Waals surface area contributed by atoms with Crippen molar-refractivity contribution in [2.45, 2.75) is 18.9 Å². The summed E-state index contributed by atoms with van der Waals surface area (Å²) < 4.78 is 22.6. The molecule has 2 aromatic carbocycles. The van der Waals surface area contributed by atoms with Crippen molar-refractivity contribution in [2.75, 3.05) is 32.5 Å². The highest BCUT2D eigenvalue weighted by Crippen LogP contribution is 2.38. The highest BCUT2D eigenvalue weighted by Gasteiger charge is 2.31. The summed E-state index contributed by atoms with van der Waals surface area (Å²) in [5.74, 6) is 2.06. The van der Waals surface area contributed by atoms with Gasteiger partial charge in [0.1, 0.15) is 23.7 Å². The van der Waals surface area contributed by atoms with E-state index in [0.717, 1.165) is 18.4 Å². The van der Waals surface area contributed by atoms with Gasteiger partial charge in [0.15, 0.2) is 18.2 Å². The lowest BCUT2D eigenvalue weighted by Crippen LogP contribution is -2.38. The number of anilines is 1. The van der Waals surface area contributed by atoms with Gasteiger partial charge >= 0.3 is 0 Å². The number of rotatable bonds is 8. The zero-order valence-corrected chi connectivity index (χ0v) is 20.1. The smallest absolute Gasteiger partial charge is 0.266 e. The second-order valence-corrected chi connectivity index (χ2v) is 8.90. The van der Waals surface area contributed by atoms with Gasteiger partial charge in [-0.05, 0) is 49.1 Å². The van der Waals surface area contributed by atoms with Crippen LogP contribution in [0.5, 0.6) is 23.0 Å². The van der Waals surface area contributed by atoms with Crippen LogP contribution in [0.1, 0.15) is 23.2 Å². The summed E-state index contributed by atoms with van der Waals surface area (Å²) in [7, 11) is 3.09. The Labute approximate surface area is 208 Å². The predicted molar refractivity (Wildman–Crippen MR) is 131 cm³/mol. The third kappa shape index (κ3) is 4.72. The summed E-state index contributed by atoms with van der Waals surface area (Å²) in [6, 6.07) is 12.2. The number of fused-ring (bicyclic) bond motifs is 1. The lowest BCUT2D eigenvalue weighted by Gasteiger charge is -2.29. The van der Waals surface area contributed by atoms with Crippen molar-refractivity contribution in [3.8, 4) is 34.3 Å². The Bertz CT molecular complexity index is 1260. The molecule has 9 heteroatoms. The lowest BCUT2D eigenvalue weighted by atomic mass is 10.1. The molecule has 0 radical (unpaired) electrons. The number of hydrogen-bond acceptors (Lipinski definition) is 7. The van der Waals surface area contributed by atoms with Crippen LogP contribution in [0.15, 0.2) is 48.7 Å². The Balaban J connectivity index is 1.36.